The van der Waals surface area contributed by atoms with E-state index in [-0.39, 0.29) is 17.2 Å². The number of aryl methyl sites for hydroxylation is 1. The van der Waals surface area contributed by atoms with Gasteiger partial charge in [-0.15, -0.1) is 0 Å². The van der Waals surface area contributed by atoms with Crippen LogP contribution in [0.1, 0.15) is 84.6 Å². The summed E-state index contributed by atoms with van der Waals surface area (Å²) in [6.45, 7) is 8.75. The Labute approximate surface area is 167 Å². The Kier molecular flexibility index (Phi) is 5.02. The van der Waals surface area contributed by atoms with Gasteiger partial charge in [-0.25, -0.2) is 4.79 Å². The van der Waals surface area contributed by atoms with Gasteiger partial charge < -0.3 is 4.74 Å². The van der Waals surface area contributed by atoms with Crippen LogP contribution < -0.4 is 4.67 Å². The van der Waals surface area contributed by atoms with E-state index in [4.69, 9.17) is 4.74 Å². The number of ether oxygens (including phenoxy) is 1. The molecule has 1 heterocycles. The predicted octanol–water partition coefficient (Wildman–Crippen LogP) is 5.65. The third-order valence-electron chi connectivity index (χ3n) is 6.67. The number of unbranched alkanes of at least 4 members (excludes halogenated alkanes) is 1. The van der Waals surface area contributed by atoms with E-state index in [1.54, 1.807) is 11.5 Å². The summed E-state index contributed by atoms with van der Waals surface area (Å²) in [7, 11) is 0. The largest absolute Gasteiger partial charge is 0.441 e. The van der Waals surface area contributed by atoms with E-state index in [0.29, 0.717) is 0 Å². The molecule has 4 nitrogen and oxygen atoms in total. The fourth-order valence-corrected chi connectivity index (χ4v) is 6.81. The number of rotatable bonds is 4. The van der Waals surface area contributed by atoms with Gasteiger partial charge in [0.05, 0.1) is 0 Å². The maximum atomic E-state index is 12.8. The topological polar surface area (TPSA) is 43.6 Å². The Morgan fingerprint density at radius 1 is 1.22 bits per heavy atom. The summed E-state index contributed by atoms with van der Waals surface area (Å²) in [6.07, 6.45) is 12.3. The molecule has 0 aromatic carbocycles. The minimum absolute atomic E-state index is 0.00321. The Bertz CT molecular complexity index is 733. The molecule has 0 unspecified atom stereocenters. The second kappa shape index (κ2) is 7.06. The maximum absolute atomic E-state index is 12.8. The van der Waals surface area contributed by atoms with Crippen molar-refractivity contribution in [2.24, 2.45) is 22.7 Å². The van der Waals surface area contributed by atoms with Crippen molar-refractivity contribution in [2.45, 2.75) is 96.6 Å². The lowest BCUT2D eigenvalue weighted by atomic mass is 9.54. The number of hydrogen-bond acceptors (Lipinski definition) is 3. The lowest BCUT2D eigenvalue weighted by Gasteiger charge is -2.55. The first kappa shape index (κ1) is 19.2. The summed E-state index contributed by atoms with van der Waals surface area (Å²) in [5.74, 6) is 2.32. The SMILES string of the molecule is CCCCc1cn(C(C)(C)C)s/c1=N\C(=O)OC12CC3CC(CC(C3)C1)C2. The Morgan fingerprint density at radius 3 is 2.33 bits per heavy atom. The molecule has 0 saturated heterocycles. The van der Waals surface area contributed by atoms with Gasteiger partial charge in [0.25, 0.3) is 0 Å². The van der Waals surface area contributed by atoms with E-state index >= 15 is 0 Å². The third-order valence-corrected chi connectivity index (χ3v) is 8.05. The highest BCUT2D eigenvalue weighted by Gasteiger charge is 2.53. The quantitative estimate of drug-likeness (QED) is 0.666. The van der Waals surface area contributed by atoms with Crippen molar-refractivity contribution in [3.8, 4) is 0 Å². The van der Waals surface area contributed by atoms with Crippen LogP contribution in [-0.2, 0) is 16.7 Å². The monoisotopic (exact) mass is 390 g/mol. The van der Waals surface area contributed by atoms with Crippen molar-refractivity contribution in [2.75, 3.05) is 0 Å². The lowest BCUT2D eigenvalue weighted by molar-refractivity contribution is -0.125. The summed E-state index contributed by atoms with van der Waals surface area (Å²) < 4.78 is 9.16. The molecule has 1 aromatic rings. The number of aromatic nitrogens is 1. The van der Waals surface area contributed by atoms with E-state index in [2.05, 4.69) is 42.8 Å². The molecule has 150 valence electrons. The highest BCUT2D eigenvalue weighted by atomic mass is 32.1. The average Bonchev–Trinajstić information content (AvgIpc) is 2.93. The summed E-state index contributed by atoms with van der Waals surface area (Å²) in [5, 5.41) is 0. The Balaban J connectivity index is 1.56. The first-order chi connectivity index (χ1) is 12.8. The van der Waals surface area contributed by atoms with Crippen molar-refractivity contribution in [3.05, 3.63) is 16.4 Å². The van der Waals surface area contributed by atoms with Gasteiger partial charge in [-0.05, 0) is 101 Å². The van der Waals surface area contributed by atoms with Gasteiger partial charge >= 0.3 is 6.09 Å². The van der Waals surface area contributed by atoms with Gasteiger partial charge in [-0.2, -0.15) is 4.99 Å². The van der Waals surface area contributed by atoms with Crippen molar-refractivity contribution >= 4 is 17.6 Å². The van der Waals surface area contributed by atoms with Crippen LogP contribution in [0.25, 0.3) is 0 Å². The predicted molar refractivity (Wildman–Crippen MR) is 109 cm³/mol. The van der Waals surface area contributed by atoms with Crippen LogP contribution in [0.3, 0.4) is 0 Å². The van der Waals surface area contributed by atoms with Crippen molar-refractivity contribution in [3.63, 3.8) is 0 Å². The molecule has 27 heavy (non-hydrogen) atoms. The zero-order valence-electron chi connectivity index (χ0n) is 17.3. The molecule has 4 fully saturated rings. The van der Waals surface area contributed by atoms with Crippen LogP contribution in [-0.4, -0.2) is 15.7 Å². The molecule has 4 saturated carbocycles. The zero-order chi connectivity index (χ0) is 19.2. The first-order valence-corrected chi connectivity index (χ1v) is 11.5. The molecule has 0 aliphatic heterocycles. The van der Waals surface area contributed by atoms with E-state index in [9.17, 15) is 4.79 Å². The maximum Gasteiger partial charge on any atom is 0.435 e. The number of carbonyl (C=O) groups excluding carboxylic acids is 1. The third kappa shape index (κ3) is 4.03. The molecule has 4 bridgehead atoms. The van der Waals surface area contributed by atoms with Crippen LogP contribution in [0.4, 0.5) is 4.79 Å². The van der Waals surface area contributed by atoms with E-state index in [0.717, 1.165) is 60.9 Å². The van der Waals surface area contributed by atoms with Gasteiger partial charge in [0.2, 0.25) is 0 Å². The van der Waals surface area contributed by atoms with Gasteiger partial charge in [0.15, 0.2) is 0 Å². The molecule has 0 N–H and O–H groups in total. The summed E-state index contributed by atoms with van der Waals surface area (Å²) in [4.78, 5) is 17.2. The molecule has 0 radical (unpaired) electrons. The smallest absolute Gasteiger partial charge is 0.435 e. The lowest BCUT2D eigenvalue weighted by Crippen LogP contribution is -2.52. The molecule has 5 rings (SSSR count). The van der Waals surface area contributed by atoms with Crippen LogP contribution in [0, 0.1) is 17.8 Å². The summed E-state index contributed by atoms with van der Waals surface area (Å²) in [5.41, 5.74) is 0.971. The fraction of sp³-hybridized carbons (Fsp3) is 0.818. The van der Waals surface area contributed by atoms with E-state index < -0.39 is 0 Å². The first-order valence-electron chi connectivity index (χ1n) is 10.8. The number of amides is 1. The Hall–Kier alpha value is -1.10. The highest BCUT2D eigenvalue weighted by molar-refractivity contribution is 7.04. The van der Waals surface area contributed by atoms with Gasteiger partial charge in [0, 0.05) is 17.3 Å². The van der Waals surface area contributed by atoms with Crippen molar-refractivity contribution in [1.29, 1.82) is 0 Å². The van der Waals surface area contributed by atoms with Gasteiger partial charge in [0.1, 0.15) is 10.3 Å². The molecule has 4 aliphatic rings. The number of hydrogen-bond donors (Lipinski definition) is 0. The second-order valence-corrected chi connectivity index (χ2v) is 11.2. The van der Waals surface area contributed by atoms with Crippen LogP contribution in [0.15, 0.2) is 11.2 Å². The molecule has 5 heteroatoms. The molecule has 4 aliphatic carbocycles. The molecule has 1 aromatic heterocycles. The van der Waals surface area contributed by atoms with Gasteiger partial charge in [-0.3, -0.25) is 3.96 Å². The number of nitrogens with zero attached hydrogens (tertiary/aromatic N) is 2. The van der Waals surface area contributed by atoms with Crippen molar-refractivity contribution in [1.82, 2.24) is 3.96 Å². The van der Waals surface area contributed by atoms with E-state index in [1.807, 2.05) is 0 Å². The van der Waals surface area contributed by atoms with Crippen LogP contribution in [0.5, 0.6) is 0 Å². The average molecular weight is 391 g/mol. The fourth-order valence-electron chi connectivity index (χ4n) is 5.78. The molecule has 1 amide bonds. The number of carbonyl (C=O) groups is 1. The second-order valence-electron chi connectivity index (χ2n) is 10.2. The summed E-state index contributed by atoms with van der Waals surface area (Å²) in [6, 6.07) is 0. The normalized spacial score (nSPS) is 32.9. The van der Waals surface area contributed by atoms with Crippen LogP contribution >= 0.6 is 11.5 Å². The van der Waals surface area contributed by atoms with Gasteiger partial charge in [-0.1, -0.05) is 13.3 Å². The highest BCUT2D eigenvalue weighted by Crippen LogP contribution is 2.57. The Morgan fingerprint density at radius 2 is 1.81 bits per heavy atom. The minimum atomic E-state index is -0.363. The minimum Gasteiger partial charge on any atom is -0.441 e. The molecule has 0 spiro atoms. The van der Waals surface area contributed by atoms with E-state index in [1.165, 1.54) is 24.8 Å². The molecular weight excluding hydrogens is 356 g/mol. The van der Waals surface area contributed by atoms with Crippen molar-refractivity contribution < 1.29 is 9.53 Å². The zero-order valence-corrected chi connectivity index (χ0v) is 18.1. The van der Waals surface area contributed by atoms with Crippen LogP contribution in [0.2, 0.25) is 0 Å². The molecular formula is C22H34N2O2S. The molecule has 0 atom stereocenters. The standard InChI is InChI=1S/C22H34N2O2S/c1-5-6-7-18-14-24(21(2,3)4)27-19(18)23-20(25)26-22-11-15-8-16(12-22)10-17(9-15)13-22/h14-17H,5-13H2,1-4H3/b23-19-. The summed E-state index contributed by atoms with van der Waals surface area (Å²) >= 11 is 1.59.